The van der Waals surface area contributed by atoms with Gasteiger partial charge in [0.05, 0.1) is 5.69 Å². The normalized spacial score (nSPS) is 20.8. The molecular weight excluding hydrogens is 214 g/mol. The van der Waals surface area contributed by atoms with E-state index in [2.05, 4.69) is 20.5 Å². The van der Waals surface area contributed by atoms with Gasteiger partial charge in [0.15, 0.2) is 0 Å². The number of anilines is 1. The molecule has 0 aromatic carbocycles. The summed E-state index contributed by atoms with van der Waals surface area (Å²) in [7, 11) is 0. The van der Waals surface area contributed by atoms with Gasteiger partial charge < -0.3 is 15.5 Å². The quantitative estimate of drug-likeness (QED) is 0.711. The lowest BCUT2D eigenvalue weighted by Crippen LogP contribution is -2.31. The van der Waals surface area contributed by atoms with Crippen LogP contribution >= 0.6 is 0 Å². The summed E-state index contributed by atoms with van der Waals surface area (Å²) in [6.45, 7) is 6.15. The van der Waals surface area contributed by atoms with Crippen molar-refractivity contribution in [3.8, 4) is 0 Å². The van der Waals surface area contributed by atoms with E-state index in [1.807, 2.05) is 6.20 Å². The van der Waals surface area contributed by atoms with Gasteiger partial charge in [0.2, 0.25) is 5.95 Å². The molecule has 1 aromatic heterocycles. The molecule has 0 bridgehead atoms. The van der Waals surface area contributed by atoms with Crippen molar-refractivity contribution in [3.05, 3.63) is 17.5 Å². The summed E-state index contributed by atoms with van der Waals surface area (Å²) in [5, 5.41) is 6.75. The molecule has 1 aromatic rings. The van der Waals surface area contributed by atoms with Gasteiger partial charge in [-0.2, -0.15) is 0 Å². The minimum absolute atomic E-state index is 0.911. The second-order valence-corrected chi connectivity index (χ2v) is 4.66. The van der Waals surface area contributed by atoms with Crippen LogP contribution in [0.15, 0.2) is 6.20 Å². The lowest BCUT2D eigenvalue weighted by molar-refractivity contribution is 0.622. The average Bonchev–Trinajstić information content (AvgIpc) is 2.67. The molecule has 1 fully saturated rings. The Bertz CT molecular complexity index is 384. The number of rotatable bonds is 1. The summed E-state index contributed by atoms with van der Waals surface area (Å²) in [6.07, 6.45) is 4.18. The van der Waals surface area contributed by atoms with E-state index in [1.54, 1.807) is 0 Å². The van der Waals surface area contributed by atoms with Crippen molar-refractivity contribution in [3.63, 3.8) is 0 Å². The number of hydrogen-bond acceptors (Lipinski definition) is 5. The molecule has 0 atom stereocenters. The average molecular weight is 233 g/mol. The first-order valence-electron chi connectivity index (χ1n) is 6.45. The first-order chi connectivity index (χ1) is 8.43. The summed E-state index contributed by atoms with van der Waals surface area (Å²) in [6, 6.07) is 0. The molecule has 5 heteroatoms. The summed E-state index contributed by atoms with van der Waals surface area (Å²) >= 11 is 0. The molecule has 92 valence electrons. The van der Waals surface area contributed by atoms with Crippen LogP contribution in [0.25, 0.3) is 0 Å². The van der Waals surface area contributed by atoms with Crippen molar-refractivity contribution in [2.24, 2.45) is 0 Å². The highest BCUT2D eigenvalue weighted by molar-refractivity contribution is 5.34. The second kappa shape index (κ2) is 4.98. The molecule has 0 spiro atoms. The van der Waals surface area contributed by atoms with E-state index in [0.717, 1.165) is 51.6 Å². The molecule has 17 heavy (non-hydrogen) atoms. The van der Waals surface area contributed by atoms with Crippen LogP contribution < -0.4 is 15.5 Å². The lowest BCUT2D eigenvalue weighted by Gasteiger charge is -2.22. The fourth-order valence-electron chi connectivity index (χ4n) is 2.42. The van der Waals surface area contributed by atoms with Gasteiger partial charge in [0, 0.05) is 50.9 Å². The van der Waals surface area contributed by atoms with Gasteiger partial charge in [-0.15, -0.1) is 0 Å². The third-order valence-corrected chi connectivity index (χ3v) is 3.42. The molecule has 0 amide bonds. The minimum Gasteiger partial charge on any atom is -0.339 e. The van der Waals surface area contributed by atoms with Gasteiger partial charge in [0.25, 0.3) is 0 Å². The number of nitrogens with one attached hydrogen (secondary N) is 2. The minimum atomic E-state index is 0.911. The zero-order valence-corrected chi connectivity index (χ0v) is 10.1. The van der Waals surface area contributed by atoms with Crippen LogP contribution in [0.5, 0.6) is 0 Å². The van der Waals surface area contributed by atoms with E-state index in [1.165, 1.54) is 17.7 Å². The van der Waals surface area contributed by atoms with Crippen LogP contribution in [0.1, 0.15) is 17.7 Å². The summed E-state index contributed by atoms with van der Waals surface area (Å²) in [5.41, 5.74) is 2.49. The van der Waals surface area contributed by atoms with Gasteiger partial charge >= 0.3 is 0 Å². The van der Waals surface area contributed by atoms with Crippen LogP contribution in [-0.4, -0.2) is 42.7 Å². The maximum atomic E-state index is 4.73. The van der Waals surface area contributed by atoms with Gasteiger partial charge in [-0.1, -0.05) is 0 Å². The zero-order chi connectivity index (χ0) is 11.5. The van der Waals surface area contributed by atoms with E-state index < -0.39 is 0 Å². The van der Waals surface area contributed by atoms with Crippen LogP contribution in [0.3, 0.4) is 0 Å². The topological polar surface area (TPSA) is 53.1 Å². The molecule has 2 aliphatic rings. The fourth-order valence-corrected chi connectivity index (χ4v) is 2.42. The molecule has 0 radical (unpaired) electrons. The smallest absolute Gasteiger partial charge is 0.225 e. The highest BCUT2D eigenvalue weighted by Crippen LogP contribution is 2.15. The van der Waals surface area contributed by atoms with Crippen molar-refractivity contribution in [2.45, 2.75) is 19.4 Å². The van der Waals surface area contributed by atoms with Crippen molar-refractivity contribution in [1.29, 1.82) is 0 Å². The number of nitrogens with zero attached hydrogens (tertiary/aromatic N) is 3. The van der Waals surface area contributed by atoms with E-state index >= 15 is 0 Å². The molecule has 2 aliphatic heterocycles. The number of hydrogen-bond donors (Lipinski definition) is 2. The fraction of sp³-hybridized carbons (Fsp3) is 0.667. The van der Waals surface area contributed by atoms with Crippen molar-refractivity contribution in [1.82, 2.24) is 20.6 Å². The summed E-state index contributed by atoms with van der Waals surface area (Å²) < 4.78 is 0. The monoisotopic (exact) mass is 233 g/mol. The summed E-state index contributed by atoms with van der Waals surface area (Å²) in [4.78, 5) is 11.5. The SMILES string of the molecule is c1nc(N2CCCNCC2)nc2c1CNCC2. The van der Waals surface area contributed by atoms with Crippen molar-refractivity contribution < 1.29 is 0 Å². The Labute approximate surface area is 102 Å². The van der Waals surface area contributed by atoms with E-state index in [4.69, 9.17) is 4.98 Å². The molecule has 0 unspecified atom stereocenters. The summed E-state index contributed by atoms with van der Waals surface area (Å²) in [5.74, 6) is 0.911. The van der Waals surface area contributed by atoms with Crippen LogP contribution in [0.4, 0.5) is 5.95 Å². The Kier molecular flexibility index (Phi) is 3.20. The highest BCUT2D eigenvalue weighted by Gasteiger charge is 2.16. The van der Waals surface area contributed by atoms with Gasteiger partial charge in [-0.3, -0.25) is 0 Å². The Balaban J connectivity index is 1.82. The molecule has 1 saturated heterocycles. The largest absolute Gasteiger partial charge is 0.339 e. The van der Waals surface area contributed by atoms with Crippen LogP contribution in [0, 0.1) is 0 Å². The first kappa shape index (κ1) is 10.9. The molecule has 2 N–H and O–H groups in total. The molecule has 5 nitrogen and oxygen atoms in total. The molecular formula is C12H19N5. The molecule has 0 aliphatic carbocycles. The van der Waals surface area contributed by atoms with Gasteiger partial charge in [0.1, 0.15) is 0 Å². The maximum absolute atomic E-state index is 4.73. The Morgan fingerprint density at radius 1 is 1.12 bits per heavy atom. The van der Waals surface area contributed by atoms with Crippen molar-refractivity contribution in [2.75, 3.05) is 37.6 Å². The van der Waals surface area contributed by atoms with Gasteiger partial charge in [-0.05, 0) is 13.0 Å². The van der Waals surface area contributed by atoms with Crippen LogP contribution in [0.2, 0.25) is 0 Å². The number of fused-ring (bicyclic) bond motifs is 1. The molecule has 0 saturated carbocycles. The maximum Gasteiger partial charge on any atom is 0.225 e. The third kappa shape index (κ3) is 2.40. The lowest BCUT2D eigenvalue weighted by atomic mass is 10.1. The zero-order valence-electron chi connectivity index (χ0n) is 10.1. The van der Waals surface area contributed by atoms with Crippen LogP contribution in [-0.2, 0) is 13.0 Å². The highest BCUT2D eigenvalue weighted by atomic mass is 15.3. The van der Waals surface area contributed by atoms with E-state index in [-0.39, 0.29) is 0 Å². The Morgan fingerprint density at radius 3 is 3.12 bits per heavy atom. The predicted octanol–water partition coefficient (Wildman–Crippen LogP) is -0.0780. The third-order valence-electron chi connectivity index (χ3n) is 3.42. The molecule has 3 rings (SSSR count). The van der Waals surface area contributed by atoms with E-state index in [9.17, 15) is 0 Å². The Morgan fingerprint density at radius 2 is 2.12 bits per heavy atom. The predicted molar refractivity (Wildman–Crippen MR) is 67.1 cm³/mol. The standard InChI is InChI=1S/C12H19N5/c1-3-13-5-7-17(6-1)12-15-9-10-8-14-4-2-11(10)16-12/h9,13-14H,1-8H2. The van der Waals surface area contributed by atoms with Crippen molar-refractivity contribution >= 4 is 5.95 Å². The molecule has 3 heterocycles. The Hall–Kier alpha value is -1.20. The number of aromatic nitrogens is 2. The second-order valence-electron chi connectivity index (χ2n) is 4.66. The van der Waals surface area contributed by atoms with Gasteiger partial charge in [-0.25, -0.2) is 9.97 Å². The van der Waals surface area contributed by atoms with E-state index in [0.29, 0.717) is 0 Å². The first-order valence-corrected chi connectivity index (χ1v) is 6.45.